The van der Waals surface area contributed by atoms with Crippen LogP contribution in [-0.2, 0) is 17.4 Å². The lowest BCUT2D eigenvalue weighted by Crippen LogP contribution is -2.28. The average Bonchev–Trinajstić information content (AvgIpc) is 2.74. The topological polar surface area (TPSA) is 33.2 Å². The van der Waals surface area contributed by atoms with E-state index in [1.807, 2.05) is 12.1 Å². The molecule has 1 aromatic rings. The summed E-state index contributed by atoms with van der Waals surface area (Å²) in [6, 6.07) is 3.85. The molecule has 24 heavy (non-hydrogen) atoms. The minimum Gasteiger partial charge on any atom is -0.260 e. The summed E-state index contributed by atoms with van der Waals surface area (Å²) in [5.74, 6) is 0. The van der Waals surface area contributed by atoms with Crippen molar-refractivity contribution in [2.75, 3.05) is 13.1 Å². The van der Waals surface area contributed by atoms with Crippen LogP contribution < -0.4 is 0 Å². The molecule has 0 aromatic carbocycles. The average molecular weight is 347 g/mol. The number of hydrogen-bond acceptors (Lipinski definition) is 2. The van der Waals surface area contributed by atoms with E-state index in [2.05, 4.69) is 43.1 Å². The Labute approximate surface area is 149 Å². The van der Waals surface area contributed by atoms with Gasteiger partial charge in [-0.05, 0) is 57.2 Å². The Bertz CT molecular complexity index is 649. The Balaban J connectivity index is 2.26. The Hall–Kier alpha value is -1.26. The van der Waals surface area contributed by atoms with Crippen molar-refractivity contribution in [3.8, 4) is 0 Å². The SMILES string of the molecule is CCC/C(C)=C/C(CN1CCCc2ncccc2S1=O)=C(/C)CC. The highest BCUT2D eigenvalue weighted by atomic mass is 32.2. The molecule has 2 rings (SSSR count). The van der Waals surface area contributed by atoms with Gasteiger partial charge in [-0.25, -0.2) is 8.51 Å². The molecule has 0 N–H and O–H groups in total. The van der Waals surface area contributed by atoms with E-state index < -0.39 is 11.0 Å². The zero-order chi connectivity index (χ0) is 17.5. The van der Waals surface area contributed by atoms with E-state index in [0.29, 0.717) is 0 Å². The molecule has 0 spiro atoms. The first-order valence-corrected chi connectivity index (χ1v) is 10.1. The van der Waals surface area contributed by atoms with E-state index in [1.54, 1.807) is 6.20 Å². The number of hydrogen-bond donors (Lipinski definition) is 0. The number of allylic oxidation sites excluding steroid dienone is 2. The molecule has 0 radical (unpaired) electrons. The zero-order valence-electron chi connectivity index (χ0n) is 15.5. The molecule has 3 nitrogen and oxygen atoms in total. The van der Waals surface area contributed by atoms with Gasteiger partial charge in [0.15, 0.2) is 0 Å². The van der Waals surface area contributed by atoms with Crippen molar-refractivity contribution in [2.24, 2.45) is 0 Å². The molecule has 1 atom stereocenters. The van der Waals surface area contributed by atoms with Crippen molar-refractivity contribution in [1.29, 1.82) is 0 Å². The maximum Gasteiger partial charge on any atom is 0.129 e. The highest BCUT2D eigenvalue weighted by Crippen LogP contribution is 2.23. The molecule has 0 bridgehead atoms. The number of pyridine rings is 1. The molecule has 132 valence electrons. The van der Waals surface area contributed by atoms with Crippen LogP contribution in [0.15, 0.2) is 46.0 Å². The van der Waals surface area contributed by atoms with Crippen molar-refractivity contribution in [3.63, 3.8) is 0 Å². The van der Waals surface area contributed by atoms with Gasteiger partial charge in [0.05, 0.1) is 10.6 Å². The molecule has 1 unspecified atom stereocenters. The molecule has 4 heteroatoms. The van der Waals surface area contributed by atoms with E-state index in [4.69, 9.17) is 0 Å². The van der Waals surface area contributed by atoms with E-state index >= 15 is 0 Å². The van der Waals surface area contributed by atoms with Crippen LogP contribution in [-0.4, -0.2) is 26.6 Å². The van der Waals surface area contributed by atoms with Crippen LogP contribution in [0.4, 0.5) is 0 Å². The predicted molar refractivity (Wildman–Crippen MR) is 102 cm³/mol. The lowest BCUT2D eigenvalue weighted by atomic mass is 10.0. The van der Waals surface area contributed by atoms with Crippen molar-refractivity contribution in [3.05, 3.63) is 46.8 Å². The van der Waals surface area contributed by atoms with Crippen LogP contribution in [0.2, 0.25) is 0 Å². The summed E-state index contributed by atoms with van der Waals surface area (Å²) in [6.45, 7) is 10.4. The minimum absolute atomic E-state index is 0.752. The van der Waals surface area contributed by atoms with Crippen molar-refractivity contribution in [2.45, 2.75) is 64.7 Å². The molecule has 1 aromatic heterocycles. The van der Waals surface area contributed by atoms with Crippen LogP contribution in [0.5, 0.6) is 0 Å². The van der Waals surface area contributed by atoms with Crippen LogP contribution in [0.25, 0.3) is 0 Å². The molecular formula is C20H30N2OS. The third kappa shape index (κ3) is 4.87. The summed E-state index contributed by atoms with van der Waals surface area (Å²) >= 11 is 0. The maximum absolute atomic E-state index is 13.0. The quantitative estimate of drug-likeness (QED) is 0.692. The third-order valence-corrected chi connectivity index (χ3v) is 6.11. The molecule has 0 saturated heterocycles. The van der Waals surface area contributed by atoms with Gasteiger partial charge >= 0.3 is 0 Å². The number of fused-ring (bicyclic) bond motifs is 1. The van der Waals surface area contributed by atoms with Crippen LogP contribution in [0.3, 0.4) is 0 Å². The van der Waals surface area contributed by atoms with Crippen LogP contribution >= 0.6 is 0 Å². The van der Waals surface area contributed by atoms with Crippen LogP contribution in [0, 0.1) is 0 Å². The number of aromatic nitrogens is 1. The van der Waals surface area contributed by atoms with Crippen molar-refractivity contribution < 1.29 is 4.21 Å². The summed E-state index contributed by atoms with van der Waals surface area (Å²) in [4.78, 5) is 5.31. The summed E-state index contributed by atoms with van der Waals surface area (Å²) in [5, 5.41) is 0. The van der Waals surface area contributed by atoms with Gasteiger partial charge in [-0.3, -0.25) is 4.98 Å². The predicted octanol–water partition coefficient (Wildman–Crippen LogP) is 4.83. The van der Waals surface area contributed by atoms with Crippen molar-refractivity contribution in [1.82, 2.24) is 9.29 Å². The van der Waals surface area contributed by atoms with E-state index in [-0.39, 0.29) is 0 Å². The van der Waals surface area contributed by atoms with Crippen molar-refractivity contribution >= 4 is 11.0 Å². The number of aryl methyl sites for hydroxylation is 1. The zero-order valence-corrected chi connectivity index (χ0v) is 16.3. The summed E-state index contributed by atoms with van der Waals surface area (Å²) in [5.41, 5.74) is 5.11. The van der Waals surface area contributed by atoms with Gasteiger partial charge in [0, 0.05) is 19.3 Å². The monoisotopic (exact) mass is 346 g/mol. The fraction of sp³-hybridized carbons (Fsp3) is 0.550. The first-order valence-electron chi connectivity index (χ1n) is 9.03. The highest BCUT2D eigenvalue weighted by Gasteiger charge is 2.23. The van der Waals surface area contributed by atoms with Crippen LogP contribution in [0.1, 0.15) is 59.1 Å². The second kappa shape index (κ2) is 9.28. The second-order valence-corrected chi connectivity index (χ2v) is 8.02. The largest absolute Gasteiger partial charge is 0.260 e. The lowest BCUT2D eigenvalue weighted by Gasteiger charge is -2.21. The molecule has 0 aliphatic carbocycles. The standard InChI is InChI=1S/C20H30N2OS/c1-5-9-16(3)14-18(17(4)6-2)15-22-13-8-10-19-20(24(22)23)11-7-12-21-19/h7,11-12,14H,5-6,8-10,13,15H2,1-4H3/b16-14+,18-17+. The summed E-state index contributed by atoms with van der Waals surface area (Å²) in [7, 11) is -1.12. The summed E-state index contributed by atoms with van der Waals surface area (Å²) in [6.07, 6.45) is 9.35. The number of nitrogens with zero attached hydrogens (tertiary/aromatic N) is 2. The molecule has 0 saturated carbocycles. The Kier molecular flexibility index (Phi) is 7.38. The molecule has 2 heterocycles. The molecule has 1 aliphatic heterocycles. The Morgan fingerprint density at radius 2 is 2.17 bits per heavy atom. The first-order chi connectivity index (χ1) is 11.6. The van der Waals surface area contributed by atoms with Gasteiger partial charge in [0.1, 0.15) is 11.0 Å². The molecule has 0 fully saturated rings. The van der Waals surface area contributed by atoms with Gasteiger partial charge in [-0.2, -0.15) is 0 Å². The second-order valence-electron chi connectivity index (χ2n) is 6.56. The Morgan fingerprint density at radius 3 is 2.88 bits per heavy atom. The number of rotatable bonds is 6. The van der Waals surface area contributed by atoms with Gasteiger partial charge in [-0.1, -0.05) is 37.5 Å². The lowest BCUT2D eigenvalue weighted by molar-refractivity contribution is 0.472. The molecular weight excluding hydrogens is 316 g/mol. The highest BCUT2D eigenvalue weighted by molar-refractivity contribution is 7.82. The summed E-state index contributed by atoms with van der Waals surface area (Å²) < 4.78 is 15.2. The fourth-order valence-electron chi connectivity index (χ4n) is 3.04. The maximum atomic E-state index is 13.0. The minimum atomic E-state index is -1.12. The van der Waals surface area contributed by atoms with E-state index in [9.17, 15) is 4.21 Å². The smallest absolute Gasteiger partial charge is 0.129 e. The van der Waals surface area contributed by atoms with Gasteiger partial charge in [0.2, 0.25) is 0 Å². The van der Waals surface area contributed by atoms with Gasteiger partial charge < -0.3 is 0 Å². The fourth-order valence-corrected chi connectivity index (χ4v) is 4.42. The van der Waals surface area contributed by atoms with Gasteiger partial charge in [0.25, 0.3) is 0 Å². The molecule has 1 aliphatic rings. The Morgan fingerprint density at radius 1 is 1.38 bits per heavy atom. The first kappa shape index (κ1) is 19.1. The third-order valence-electron chi connectivity index (χ3n) is 4.58. The normalized spacial score (nSPS) is 20.3. The molecule has 0 amide bonds. The van der Waals surface area contributed by atoms with Gasteiger partial charge in [-0.15, -0.1) is 0 Å². The van der Waals surface area contributed by atoms with E-state index in [1.165, 1.54) is 16.7 Å². The van der Waals surface area contributed by atoms with E-state index in [0.717, 1.165) is 55.8 Å².